The standard InChI is InChI=1S/4C20H31NO3.2C19H29NO3/c4*1-20(2,3)11-14-12-21-7-6-13-8-18(23-4)19(24-5)9-15(13)16(21)10-17(14)22;2*1-12(2)7-14-11-20-6-5-13-8-18(22-3)19(23-4)9-15(13)16(20)10-17(14)21/h4*8-9,14,16-17,22H,6-7,10-12H2,1-5H3;2*8-9,12,14,16-17,21H,5-7,10-11H2,1-4H3/i2*1D3,2D3,5D3,8D,9D,11D2,12D2;2*1D3,2D3,8D,9D,11D2,12D2;8D,9D,10D2,11D2,14D,17D;4D3,8D,9D,11D2. The Morgan fingerprint density at radius 3 is 0.711 bits per heavy atom. The van der Waals surface area contributed by atoms with Crippen molar-refractivity contribution >= 4 is 0 Å². The molecule has 12 aliphatic rings. The molecule has 0 spiro atoms. The molecule has 6 N–H and O–H groups in total. The van der Waals surface area contributed by atoms with Gasteiger partial charge in [-0.2, -0.15) is 0 Å². The highest BCUT2D eigenvalue weighted by Crippen LogP contribution is 2.53. The van der Waals surface area contributed by atoms with Gasteiger partial charge in [0.05, 0.1) is 152 Å². The summed E-state index contributed by atoms with van der Waals surface area (Å²) in [4.78, 5) is 7.45. The van der Waals surface area contributed by atoms with Crippen LogP contribution in [-0.2, 0) is 38.5 Å². The first-order valence-electron chi connectivity index (χ1n) is 81.7. The van der Waals surface area contributed by atoms with E-state index in [9.17, 15) is 30.6 Å². The van der Waals surface area contributed by atoms with Crippen LogP contribution in [0.5, 0.6) is 69.0 Å². The molecule has 0 saturated carbocycles. The molecule has 0 aliphatic carbocycles. The van der Waals surface area contributed by atoms with E-state index in [0.717, 1.165) is 28.5 Å². The molecule has 12 aliphatic heterocycles. The summed E-state index contributed by atoms with van der Waals surface area (Å²) >= 11 is 0. The predicted octanol–water partition coefficient (Wildman–Crippen LogP) is 19.7. The largest absolute Gasteiger partial charge is 0.493 e. The number of benzene rings is 6. The average Bonchev–Trinajstić information content (AvgIpc) is 0.666. The van der Waals surface area contributed by atoms with Crippen LogP contribution in [0.15, 0.2) is 72.5 Å². The fourth-order valence-electron chi connectivity index (χ4n) is 19.6. The number of nitrogens with zero attached hydrogens (tertiary/aromatic N) is 6. The molecule has 792 valence electrons. The van der Waals surface area contributed by atoms with Gasteiger partial charge in [-0.25, -0.2) is 0 Å². The molecule has 6 aromatic rings. The Morgan fingerprint density at radius 1 is 0.303 bits per heavy atom. The van der Waals surface area contributed by atoms with Crippen LogP contribution in [0.1, 0.15) is 385 Å². The molecule has 0 amide bonds. The van der Waals surface area contributed by atoms with Crippen molar-refractivity contribution in [2.75, 3.05) is 163 Å². The summed E-state index contributed by atoms with van der Waals surface area (Å²) in [6.07, 6.45) is -27.8. The first-order valence-corrected chi connectivity index (χ1v) is 47.2. The average molecular weight is 2040 g/mol. The zero-order chi connectivity index (χ0) is 163. The molecule has 6 saturated heterocycles. The lowest BCUT2D eigenvalue weighted by Gasteiger charge is -2.47. The van der Waals surface area contributed by atoms with Gasteiger partial charge in [-0.15, -0.1) is 0 Å². The second-order valence-electron chi connectivity index (χ2n) is 38.2. The molecule has 24 nitrogen and oxygen atoms in total. The SMILES string of the molecule is [2H]c1c2c(c([2H])c(OC([2H])([2H])[2H])c1OC)C1CC(O)C(C([2H])([2H])C(C)(C([2H])([2H])[2H])C([2H])([2H])[2H])C([2H])([2H])N1CC2.[2H]c1c2c(c([2H])c(OC([2H])([2H])[2H])c1OC)C1CC(O)C(C([2H])([2H])C(C)(C([2H])([2H])[2H])C([2H])([2H])[2H])C([2H])([2H])N1CC2.[2H]c1c2c(c([2H])c(OC([2H])([2H])[2H])c1OC)C1CC(O)C(CC(C)C)C([2H])([2H])N1CC2.[2H]c1c2c(c([2H])c(OC)c1OC)C1CC(O)C(C([2H])([2H])C(C)(C([2H])([2H])[2H])C([2H])([2H])[2H])C([2H])([2H])N1CC2.[2H]c1c2c(c([2H])c(OC)c1OC)C1CC(O)C(C([2H])([2H])C(C)(C([2H])([2H])[2H])C([2H])([2H])[2H])C([2H])([2H])N1CC2.[2H]c1c2c(c([2H])c(OC)c1OC)C1N(CC2)C([2H])([2H])C([2H])(CC(C)C)C([2H])(O)C1([2H])[2H]. The molecule has 6 aromatic carbocycles. The lowest BCUT2D eigenvalue weighted by molar-refractivity contribution is -0.0259. The van der Waals surface area contributed by atoms with Crippen molar-refractivity contribution in [3.05, 3.63) is 139 Å². The number of hydrogen-bond acceptors (Lipinski definition) is 24. The van der Waals surface area contributed by atoms with E-state index in [1.165, 1.54) is 73.8 Å². The van der Waals surface area contributed by atoms with Crippen LogP contribution in [0.3, 0.4) is 0 Å². The van der Waals surface area contributed by atoms with Crippen molar-refractivity contribution in [2.24, 2.45) is 69.0 Å². The lowest BCUT2D eigenvalue weighted by atomic mass is 9.75. The number of fused-ring (bicyclic) bond motifs is 18. The second-order valence-corrected chi connectivity index (χ2v) is 38.2. The zero-order valence-electron chi connectivity index (χ0n) is 152. The third-order valence-electron chi connectivity index (χ3n) is 26.0. The molecular weight excluding hydrogens is 1790 g/mol. The monoisotopic (exact) mass is 2040 g/mol. The summed E-state index contributed by atoms with van der Waals surface area (Å²) in [5.74, 6) is -13.8. The van der Waals surface area contributed by atoms with Crippen molar-refractivity contribution in [3.8, 4) is 69.0 Å². The summed E-state index contributed by atoms with van der Waals surface area (Å²) < 4.78 is 632. The van der Waals surface area contributed by atoms with E-state index < -0.39 is 313 Å². The van der Waals surface area contributed by atoms with E-state index in [1.54, 1.807) is 18.7 Å². The van der Waals surface area contributed by atoms with Crippen LogP contribution in [0, 0.1) is 69.0 Å². The van der Waals surface area contributed by atoms with Gasteiger partial charge in [0.1, 0.15) is 0 Å². The minimum Gasteiger partial charge on any atom is -0.493 e. The maximum atomic E-state index is 11.2. The van der Waals surface area contributed by atoms with Crippen LogP contribution < -0.4 is 56.8 Å². The van der Waals surface area contributed by atoms with Gasteiger partial charge in [0.15, 0.2) is 69.0 Å². The molecule has 0 bridgehead atoms. The molecule has 18 unspecified atom stereocenters. The highest BCUT2D eigenvalue weighted by Gasteiger charge is 2.48. The number of aliphatic hydroxyl groups excluding tert-OH is 5. The Hall–Kier alpha value is -7.56. The Morgan fingerprint density at radius 2 is 0.500 bits per heavy atom. The second kappa shape index (κ2) is 48.2. The van der Waals surface area contributed by atoms with Crippen LogP contribution in [0.25, 0.3) is 0 Å². The van der Waals surface area contributed by atoms with Crippen LogP contribution in [-0.4, -0.2) is 260 Å². The lowest BCUT2D eigenvalue weighted by Crippen LogP contribution is -2.48. The molecule has 18 rings (SSSR count). The van der Waals surface area contributed by atoms with Gasteiger partial charge in [0.2, 0.25) is 0 Å². The van der Waals surface area contributed by atoms with E-state index in [4.69, 9.17) is 151 Å². The summed E-state index contributed by atoms with van der Waals surface area (Å²) in [5, 5.41) is 66.6. The molecule has 24 heteroatoms. The van der Waals surface area contributed by atoms with Crippen molar-refractivity contribution < 1.29 is 182 Å². The third-order valence-corrected chi connectivity index (χ3v) is 26.0. The highest BCUT2D eigenvalue weighted by atomic mass is 16.5. The summed E-state index contributed by atoms with van der Waals surface area (Å²) in [6, 6.07) is -9.11. The summed E-state index contributed by atoms with van der Waals surface area (Å²) in [7, 11) is 2.64. The van der Waals surface area contributed by atoms with Gasteiger partial charge in [-0.3, -0.25) is 29.4 Å². The molecule has 12 heterocycles. The summed E-state index contributed by atoms with van der Waals surface area (Å²) in [6.45, 7) is -32.3. The minimum atomic E-state index is -3.41. The van der Waals surface area contributed by atoms with Gasteiger partial charge in [-0.1, -0.05) is 110 Å². The van der Waals surface area contributed by atoms with E-state index in [-0.39, 0.29) is 259 Å². The van der Waals surface area contributed by atoms with Crippen molar-refractivity contribution in [3.63, 3.8) is 0 Å². The topological polar surface area (TPSA) is 252 Å². The van der Waals surface area contributed by atoms with Crippen LogP contribution in [0.4, 0.5) is 0 Å². The van der Waals surface area contributed by atoms with E-state index in [2.05, 4.69) is 0 Å². The van der Waals surface area contributed by atoms with E-state index >= 15 is 0 Å². The Bertz CT molecular complexity index is 8030. The van der Waals surface area contributed by atoms with Gasteiger partial charge < -0.3 is 87.5 Å². The van der Waals surface area contributed by atoms with Gasteiger partial charge in [0.25, 0.3) is 0 Å². The Labute approximate surface area is 949 Å². The number of methoxy groups -OCH3 is 12. The predicted molar refractivity (Wildman–Crippen MR) is 565 cm³/mol. The number of aliphatic hydroxyl groups is 6. The van der Waals surface area contributed by atoms with Gasteiger partial charge >= 0.3 is 0 Å². The molecule has 6 fully saturated rings. The quantitative estimate of drug-likeness (QED) is 0.0415. The molecule has 0 radical (unpaired) electrons. The van der Waals surface area contributed by atoms with Gasteiger partial charge in [-0.05, 0) is 324 Å². The molecule has 18 atom stereocenters. The Balaban J connectivity index is 0.000000202. The first kappa shape index (κ1) is 51.6. The Kier molecular flexibility index (Phi) is 17.5. The number of rotatable bonds is 20. The minimum absolute atomic E-state index is 0.0114. The zero-order valence-corrected chi connectivity index (χ0v) is 83.1. The van der Waals surface area contributed by atoms with E-state index in [0.29, 0.717) is 61.1 Å². The number of piperidine rings is 6. The molecular formula is C118H182N6O18. The molecule has 142 heavy (non-hydrogen) atoms. The maximum Gasteiger partial charge on any atom is 0.161 e. The van der Waals surface area contributed by atoms with Crippen molar-refractivity contribution in [1.29, 1.82) is 0 Å². The smallest absolute Gasteiger partial charge is 0.161 e. The summed E-state index contributed by atoms with van der Waals surface area (Å²) in [5.41, 5.74) is -9.27. The van der Waals surface area contributed by atoms with Crippen molar-refractivity contribution in [2.45, 2.75) is 298 Å². The van der Waals surface area contributed by atoms with E-state index in [1.807, 2.05) is 13.8 Å². The fourth-order valence-corrected chi connectivity index (χ4v) is 19.6. The normalized spacial score (nSPS) is 39.4. The van der Waals surface area contributed by atoms with Crippen LogP contribution in [0.2, 0.25) is 0 Å². The molecule has 0 aromatic heterocycles. The number of hydrogen-bond donors (Lipinski definition) is 6. The third kappa shape index (κ3) is 27.1. The number of ether oxygens (including phenoxy) is 12. The highest BCUT2D eigenvalue weighted by molar-refractivity contribution is 5.55. The van der Waals surface area contributed by atoms with Crippen molar-refractivity contribution in [1.82, 2.24) is 29.4 Å². The first-order chi connectivity index (χ1) is 95.0. The maximum absolute atomic E-state index is 11.2. The fraction of sp³-hybridized carbons (Fsp3) is 0.695. The van der Waals surface area contributed by atoms with Crippen LogP contribution >= 0.6 is 0 Å². The van der Waals surface area contributed by atoms with Gasteiger partial charge in [0, 0.05) is 179 Å².